The average Bonchev–Trinajstić information content (AvgIpc) is 2.42. The summed E-state index contributed by atoms with van der Waals surface area (Å²) in [5.41, 5.74) is 0. The highest BCUT2D eigenvalue weighted by atomic mass is 35.5. The number of hydrogen-bond donors (Lipinski definition) is 0. The Morgan fingerprint density at radius 3 is 2.10 bits per heavy atom. The minimum Gasteiger partial charge on any atom is -0.491 e. The molecule has 0 fully saturated rings. The molecule has 0 spiro atoms. The third kappa shape index (κ3) is 8.74. The summed E-state index contributed by atoms with van der Waals surface area (Å²) in [6.07, 6.45) is 0. The van der Waals surface area contributed by atoms with Gasteiger partial charge >= 0.3 is 5.97 Å². The van der Waals surface area contributed by atoms with Crippen LogP contribution < -0.4 is 4.74 Å². The molecular weight excluding hydrogens is 284 g/mol. The first-order valence-corrected chi connectivity index (χ1v) is 6.73. The van der Waals surface area contributed by atoms with Crippen molar-refractivity contribution in [2.75, 3.05) is 39.6 Å². The molecule has 0 amide bonds. The highest BCUT2D eigenvalue weighted by Crippen LogP contribution is 2.15. The molecule has 0 saturated heterocycles. The number of carbonyl (C=O) groups excluding carboxylic acids is 1. The first kappa shape index (κ1) is 16.8. The van der Waals surface area contributed by atoms with E-state index in [4.69, 9.17) is 30.5 Å². The molecule has 112 valence electrons. The zero-order valence-electron chi connectivity index (χ0n) is 11.5. The molecule has 1 rings (SSSR count). The van der Waals surface area contributed by atoms with Crippen molar-refractivity contribution in [3.8, 4) is 5.75 Å². The number of benzene rings is 1. The van der Waals surface area contributed by atoms with Crippen LogP contribution in [0.25, 0.3) is 0 Å². The van der Waals surface area contributed by atoms with Crippen LogP contribution in [0.3, 0.4) is 0 Å². The fraction of sp³-hybridized carbons (Fsp3) is 0.500. The van der Waals surface area contributed by atoms with E-state index in [2.05, 4.69) is 0 Å². The van der Waals surface area contributed by atoms with Crippen molar-refractivity contribution >= 4 is 17.6 Å². The summed E-state index contributed by atoms with van der Waals surface area (Å²) in [5.74, 6) is 0.458. The van der Waals surface area contributed by atoms with E-state index in [0.29, 0.717) is 38.1 Å². The third-order valence-electron chi connectivity index (χ3n) is 2.22. The van der Waals surface area contributed by atoms with Gasteiger partial charge in [-0.3, -0.25) is 4.79 Å². The van der Waals surface area contributed by atoms with Crippen molar-refractivity contribution in [1.82, 2.24) is 0 Å². The van der Waals surface area contributed by atoms with Gasteiger partial charge in [-0.25, -0.2) is 0 Å². The van der Waals surface area contributed by atoms with Crippen molar-refractivity contribution in [1.29, 1.82) is 0 Å². The Hall–Kier alpha value is -1.30. The minimum atomic E-state index is -0.302. The summed E-state index contributed by atoms with van der Waals surface area (Å²) < 4.78 is 20.7. The van der Waals surface area contributed by atoms with E-state index in [9.17, 15) is 4.79 Å². The maximum absolute atomic E-state index is 10.5. The van der Waals surface area contributed by atoms with Gasteiger partial charge in [0, 0.05) is 11.9 Å². The molecule has 1 aromatic carbocycles. The predicted molar refractivity (Wildman–Crippen MR) is 75.2 cm³/mol. The van der Waals surface area contributed by atoms with Gasteiger partial charge in [-0.1, -0.05) is 11.6 Å². The first-order chi connectivity index (χ1) is 9.68. The zero-order valence-corrected chi connectivity index (χ0v) is 12.2. The predicted octanol–water partition coefficient (Wildman–Crippen LogP) is 2.32. The molecule has 0 aliphatic rings. The van der Waals surface area contributed by atoms with Gasteiger partial charge in [0.15, 0.2) is 0 Å². The van der Waals surface area contributed by atoms with Crippen molar-refractivity contribution in [2.45, 2.75) is 6.92 Å². The SMILES string of the molecule is CC(=O)OCCOCCOCCOc1ccc(Cl)cc1. The number of ether oxygens (including phenoxy) is 4. The summed E-state index contributed by atoms with van der Waals surface area (Å²) in [7, 11) is 0. The number of carbonyl (C=O) groups is 1. The first-order valence-electron chi connectivity index (χ1n) is 6.35. The molecular formula is C14H19ClO5. The molecule has 0 aromatic heterocycles. The van der Waals surface area contributed by atoms with Crippen LogP contribution in [-0.4, -0.2) is 45.6 Å². The summed E-state index contributed by atoms with van der Waals surface area (Å²) in [5, 5.41) is 0.680. The molecule has 0 N–H and O–H groups in total. The van der Waals surface area contributed by atoms with Crippen molar-refractivity contribution in [2.24, 2.45) is 0 Å². The van der Waals surface area contributed by atoms with E-state index < -0.39 is 0 Å². The topological polar surface area (TPSA) is 54.0 Å². The van der Waals surface area contributed by atoms with Gasteiger partial charge in [-0.15, -0.1) is 0 Å². The van der Waals surface area contributed by atoms with E-state index in [1.807, 2.05) is 0 Å². The van der Waals surface area contributed by atoms with Gasteiger partial charge < -0.3 is 18.9 Å². The lowest BCUT2D eigenvalue weighted by atomic mass is 10.3. The second kappa shape index (κ2) is 10.5. The highest BCUT2D eigenvalue weighted by molar-refractivity contribution is 6.30. The van der Waals surface area contributed by atoms with Crippen LogP contribution in [0, 0.1) is 0 Å². The molecule has 0 atom stereocenters. The van der Waals surface area contributed by atoms with E-state index in [0.717, 1.165) is 5.75 Å². The monoisotopic (exact) mass is 302 g/mol. The fourth-order valence-electron chi connectivity index (χ4n) is 1.32. The molecule has 0 aliphatic carbocycles. The highest BCUT2D eigenvalue weighted by Gasteiger charge is 1.95. The maximum atomic E-state index is 10.5. The van der Waals surface area contributed by atoms with Crippen LogP contribution in [0.2, 0.25) is 5.02 Å². The normalized spacial score (nSPS) is 10.3. The van der Waals surface area contributed by atoms with E-state index >= 15 is 0 Å². The average molecular weight is 303 g/mol. The van der Waals surface area contributed by atoms with Crippen LogP contribution in [0.4, 0.5) is 0 Å². The van der Waals surface area contributed by atoms with Crippen LogP contribution in [0.1, 0.15) is 6.92 Å². The summed E-state index contributed by atoms with van der Waals surface area (Å²) in [6.45, 7) is 3.90. The molecule has 6 heteroatoms. The van der Waals surface area contributed by atoms with Crippen LogP contribution in [-0.2, 0) is 19.0 Å². The van der Waals surface area contributed by atoms with Gasteiger partial charge in [0.25, 0.3) is 0 Å². The quantitative estimate of drug-likeness (QED) is 0.490. The Morgan fingerprint density at radius 1 is 0.950 bits per heavy atom. The fourth-order valence-corrected chi connectivity index (χ4v) is 1.44. The van der Waals surface area contributed by atoms with E-state index in [-0.39, 0.29) is 12.6 Å². The van der Waals surface area contributed by atoms with E-state index in [1.165, 1.54) is 6.92 Å². The van der Waals surface area contributed by atoms with Gasteiger partial charge in [-0.05, 0) is 24.3 Å². The standard InChI is InChI=1S/C14H19ClO5/c1-12(16)19-10-8-17-6-7-18-9-11-20-14-4-2-13(15)3-5-14/h2-5H,6-11H2,1H3. The molecule has 0 bridgehead atoms. The van der Waals surface area contributed by atoms with E-state index in [1.54, 1.807) is 24.3 Å². The summed E-state index contributed by atoms with van der Waals surface area (Å²) in [6, 6.07) is 7.16. The molecule has 0 heterocycles. The summed E-state index contributed by atoms with van der Waals surface area (Å²) >= 11 is 5.76. The smallest absolute Gasteiger partial charge is 0.302 e. The molecule has 0 saturated carbocycles. The van der Waals surface area contributed by atoms with Gasteiger partial charge in [0.2, 0.25) is 0 Å². The van der Waals surface area contributed by atoms with Crippen LogP contribution in [0.15, 0.2) is 24.3 Å². The molecule has 5 nitrogen and oxygen atoms in total. The Kier molecular flexibility index (Phi) is 8.78. The van der Waals surface area contributed by atoms with Crippen molar-refractivity contribution < 1.29 is 23.7 Å². The largest absolute Gasteiger partial charge is 0.491 e. The maximum Gasteiger partial charge on any atom is 0.302 e. The lowest BCUT2D eigenvalue weighted by Crippen LogP contribution is -2.13. The summed E-state index contributed by atoms with van der Waals surface area (Å²) in [4.78, 5) is 10.5. The van der Waals surface area contributed by atoms with Crippen LogP contribution >= 0.6 is 11.6 Å². The molecule has 1 aromatic rings. The van der Waals surface area contributed by atoms with Crippen LogP contribution in [0.5, 0.6) is 5.75 Å². The van der Waals surface area contributed by atoms with Gasteiger partial charge in [0.1, 0.15) is 19.0 Å². The Labute approximate surface area is 123 Å². The molecule has 0 radical (unpaired) electrons. The number of esters is 1. The second-order valence-corrected chi connectivity index (χ2v) is 4.30. The Morgan fingerprint density at radius 2 is 1.50 bits per heavy atom. The second-order valence-electron chi connectivity index (χ2n) is 3.87. The molecule has 0 aliphatic heterocycles. The number of rotatable bonds is 10. The lowest BCUT2D eigenvalue weighted by Gasteiger charge is -2.08. The van der Waals surface area contributed by atoms with Crippen molar-refractivity contribution in [3.05, 3.63) is 29.3 Å². The third-order valence-corrected chi connectivity index (χ3v) is 2.47. The number of hydrogen-bond acceptors (Lipinski definition) is 5. The Balaban J connectivity index is 1.87. The number of halogens is 1. The molecule has 20 heavy (non-hydrogen) atoms. The van der Waals surface area contributed by atoms with Gasteiger partial charge in [-0.2, -0.15) is 0 Å². The molecule has 0 unspecified atom stereocenters. The lowest BCUT2D eigenvalue weighted by molar-refractivity contribution is -0.142. The van der Waals surface area contributed by atoms with Gasteiger partial charge in [0.05, 0.1) is 26.4 Å². The van der Waals surface area contributed by atoms with Crippen molar-refractivity contribution in [3.63, 3.8) is 0 Å². The minimum absolute atomic E-state index is 0.273. The zero-order chi connectivity index (χ0) is 14.6. The Bertz CT molecular complexity index is 380.